The minimum atomic E-state index is -1.26. The summed E-state index contributed by atoms with van der Waals surface area (Å²) in [4.78, 5) is 49.7. The Bertz CT molecular complexity index is 1690. The number of aliphatic hydroxyl groups is 1. The summed E-state index contributed by atoms with van der Waals surface area (Å²) < 4.78 is 8.73. The summed E-state index contributed by atoms with van der Waals surface area (Å²) in [6.07, 6.45) is 5.47. The minimum absolute atomic E-state index is 0.0696. The number of nitrogens with zero attached hydrogens (tertiary/aromatic N) is 6. The van der Waals surface area contributed by atoms with Gasteiger partial charge in [0.05, 0.1) is 35.6 Å². The van der Waals surface area contributed by atoms with Gasteiger partial charge in [-0.1, -0.05) is 74.9 Å². The predicted molar refractivity (Wildman–Crippen MR) is 182 cm³/mol. The zero-order chi connectivity index (χ0) is 34.2. The molecule has 3 aliphatic rings. The number of hydrogen-bond acceptors (Lipinski definition) is 7. The number of likely N-dealkylation sites (tertiary alicyclic amines) is 1. The van der Waals surface area contributed by atoms with E-state index in [0.29, 0.717) is 36.9 Å². The number of carbonyl (C=O) groups excluding carboxylic acids is 3. The third-order valence-electron chi connectivity index (χ3n) is 11.0. The first kappa shape index (κ1) is 33.5. The quantitative estimate of drug-likeness (QED) is 0.259. The van der Waals surface area contributed by atoms with Gasteiger partial charge >= 0.3 is 0 Å². The Morgan fingerprint density at radius 3 is 2.44 bits per heavy atom. The topological polar surface area (TPSA) is 121 Å². The van der Waals surface area contributed by atoms with Gasteiger partial charge in [0.1, 0.15) is 23.8 Å². The van der Waals surface area contributed by atoms with Crippen molar-refractivity contribution in [1.82, 2.24) is 24.8 Å². The van der Waals surface area contributed by atoms with E-state index in [2.05, 4.69) is 23.5 Å². The molecule has 2 unspecified atom stereocenters. The molecule has 0 saturated carbocycles. The fraction of sp³-hybridized carbons (Fsp3) is 0.486. The monoisotopic (exact) mass is 654 g/mol. The lowest BCUT2D eigenvalue weighted by molar-refractivity contribution is -0.158. The molecule has 6 rings (SSSR count). The van der Waals surface area contributed by atoms with Gasteiger partial charge in [0.2, 0.25) is 17.7 Å². The van der Waals surface area contributed by atoms with Crippen molar-refractivity contribution >= 4 is 34.4 Å². The van der Waals surface area contributed by atoms with Crippen molar-refractivity contribution in [2.75, 3.05) is 24.6 Å². The summed E-state index contributed by atoms with van der Waals surface area (Å²) in [6.45, 7) is 13.9. The molecule has 11 heteroatoms. The summed E-state index contributed by atoms with van der Waals surface area (Å²) in [6, 6.07) is 15.2. The van der Waals surface area contributed by atoms with E-state index in [9.17, 15) is 14.7 Å². The van der Waals surface area contributed by atoms with E-state index in [1.807, 2.05) is 75.4 Å². The van der Waals surface area contributed by atoms with Gasteiger partial charge in [-0.25, -0.2) is 4.68 Å². The number of anilines is 1. The van der Waals surface area contributed by atoms with Crippen LogP contribution in [0.2, 0.25) is 0 Å². The fourth-order valence-electron chi connectivity index (χ4n) is 8.44. The Hall–Kier alpha value is -4.35. The van der Waals surface area contributed by atoms with Gasteiger partial charge in [0, 0.05) is 18.8 Å². The second-order valence-electron chi connectivity index (χ2n) is 13.4. The Labute approximate surface area is 281 Å². The molecule has 0 radical (unpaired) electrons. The highest BCUT2D eigenvalue weighted by Crippen LogP contribution is 2.65. The van der Waals surface area contributed by atoms with E-state index < -0.39 is 35.1 Å². The number of aliphatic hydroxyl groups excluding tert-OH is 1. The normalized spacial score (nSPS) is 27.1. The maximum Gasteiger partial charge on any atom is 0.250 e. The van der Waals surface area contributed by atoms with Gasteiger partial charge in [-0.3, -0.25) is 14.4 Å². The van der Waals surface area contributed by atoms with E-state index in [0.717, 1.165) is 5.52 Å². The number of benzene rings is 2. The molecule has 254 valence electrons. The van der Waals surface area contributed by atoms with E-state index in [4.69, 9.17) is 4.74 Å². The molecule has 4 heterocycles. The van der Waals surface area contributed by atoms with Gasteiger partial charge in [-0.05, 0) is 49.4 Å². The van der Waals surface area contributed by atoms with Gasteiger partial charge in [0.15, 0.2) is 0 Å². The Balaban J connectivity index is 1.46. The van der Waals surface area contributed by atoms with Crippen LogP contribution in [-0.4, -0.2) is 90.6 Å². The maximum absolute atomic E-state index is 15.1. The van der Waals surface area contributed by atoms with E-state index >= 15 is 4.79 Å². The molecule has 2 aromatic carbocycles. The van der Waals surface area contributed by atoms with Crippen molar-refractivity contribution in [3.8, 4) is 0 Å². The lowest BCUT2D eigenvalue weighted by atomic mass is 9.64. The fourth-order valence-corrected chi connectivity index (χ4v) is 8.44. The first-order valence-corrected chi connectivity index (χ1v) is 17.0. The van der Waals surface area contributed by atoms with Gasteiger partial charge in [-0.15, -0.1) is 18.3 Å². The Kier molecular flexibility index (Phi) is 9.28. The molecule has 1 spiro atoms. The van der Waals surface area contributed by atoms with Gasteiger partial charge in [0.25, 0.3) is 0 Å². The molecule has 48 heavy (non-hydrogen) atoms. The Morgan fingerprint density at radius 1 is 1.06 bits per heavy atom. The number of hydrogen-bond donors (Lipinski definition) is 1. The SMILES string of the molecule is C=CCN(Cn1nnc2ccccc21)C(=O)C1N([C@@H](CO)[C@@H](C)CC)C(=O)[C@@H]2[C@H](C(=O)N(CC=C)c3ccccc3)[C@]3(CC)CCC12O3. The summed E-state index contributed by atoms with van der Waals surface area (Å²) in [5.74, 6) is -2.73. The zero-order valence-electron chi connectivity index (χ0n) is 28.1. The van der Waals surface area contributed by atoms with Crippen molar-refractivity contribution in [1.29, 1.82) is 0 Å². The van der Waals surface area contributed by atoms with Crippen LogP contribution < -0.4 is 4.90 Å². The van der Waals surface area contributed by atoms with Crippen LogP contribution in [-0.2, 0) is 25.8 Å². The third-order valence-corrected chi connectivity index (χ3v) is 11.0. The number of carbonyl (C=O) groups is 3. The first-order valence-electron chi connectivity index (χ1n) is 17.0. The molecule has 3 amide bonds. The largest absolute Gasteiger partial charge is 0.394 e. The molecule has 3 aromatic rings. The smallest absolute Gasteiger partial charge is 0.250 e. The van der Waals surface area contributed by atoms with Crippen LogP contribution >= 0.6 is 0 Å². The molecule has 1 aromatic heterocycles. The molecule has 2 bridgehead atoms. The van der Waals surface area contributed by atoms with Crippen LogP contribution in [0.1, 0.15) is 46.5 Å². The maximum atomic E-state index is 15.1. The standard InChI is InChI=1S/C37H46N6O5/c1-6-21-40(24-42-28-18-14-13-17-27(28)38-39-42)35(47)32-37-20-19-36(9-4,48-37)30(31(37)34(46)43(32)29(23-44)25(5)8-3)33(45)41(22-7-2)26-15-11-10-12-16-26/h6-7,10-18,25,29-32,44H,1-2,8-9,19-24H2,3-5H3/t25-,29-,30+,31-,32?,36-,37?/m0/s1. The van der Waals surface area contributed by atoms with Crippen LogP contribution in [0.25, 0.3) is 11.0 Å². The molecule has 7 atom stereocenters. The highest BCUT2D eigenvalue weighted by Gasteiger charge is 2.79. The van der Waals surface area contributed by atoms with Crippen LogP contribution in [0.4, 0.5) is 5.69 Å². The molecule has 3 aliphatic heterocycles. The van der Waals surface area contributed by atoms with Crippen LogP contribution in [0, 0.1) is 17.8 Å². The summed E-state index contributed by atoms with van der Waals surface area (Å²) in [7, 11) is 0. The highest BCUT2D eigenvalue weighted by atomic mass is 16.5. The summed E-state index contributed by atoms with van der Waals surface area (Å²) in [5.41, 5.74) is -0.0216. The number of para-hydroxylation sites is 2. The number of rotatable bonds is 14. The molecular formula is C37H46N6O5. The van der Waals surface area contributed by atoms with Crippen LogP contribution in [0.3, 0.4) is 0 Å². The van der Waals surface area contributed by atoms with Gasteiger partial charge in [-0.2, -0.15) is 0 Å². The number of ether oxygens (including phenoxy) is 1. The third kappa shape index (κ3) is 5.15. The minimum Gasteiger partial charge on any atom is -0.394 e. The van der Waals surface area contributed by atoms with E-state index in [-0.39, 0.29) is 50.0 Å². The van der Waals surface area contributed by atoms with Crippen LogP contribution in [0.5, 0.6) is 0 Å². The van der Waals surface area contributed by atoms with Crippen molar-refractivity contribution < 1.29 is 24.2 Å². The second-order valence-corrected chi connectivity index (χ2v) is 13.4. The highest BCUT2D eigenvalue weighted by molar-refractivity contribution is 6.03. The van der Waals surface area contributed by atoms with Crippen molar-refractivity contribution in [3.05, 3.63) is 79.9 Å². The molecular weight excluding hydrogens is 608 g/mol. The number of amides is 3. The predicted octanol–water partition coefficient (Wildman–Crippen LogP) is 4.18. The van der Waals surface area contributed by atoms with Crippen molar-refractivity contribution in [3.63, 3.8) is 0 Å². The van der Waals surface area contributed by atoms with Crippen LogP contribution in [0.15, 0.2) is 79.9 Å². The Morgan fingerprint density at radius 2 is 1.77 bits per heavy atom. The molecule has 3 saturated heterocycles. The average Bonchev–Trinajstić information content (AvgIpc) is 3.84. The summed E-state index contributed by atoms with van der Waals surface area (Å²) >= 11 is 0. The molecule has 3 fully saturated rings. The van der Waals surface area contributed by atoms with Crippen molar-refractivity contribution in [2.45, 2.75) is 76.4 Å². The number of fused-ring (bicyclic) bond motifs is 2. The lowest BCUT2D eigenvalue weighted by Crippen LogP contribution is -2.60. The molecule has 0 aliphatic carbocycles. The van der Waals surface area contributed by atoms with E-state index in [1.165, 1.54) is 0 Å². The van der Waals surface area contributed by atoms with Crippen molar-refractivity contribution in [2.24, 2.45) is 17.8 Å². The molecule has 1 N–H and O–H groups in total. The average molecular weight is 655 g/mol. The first-order chi connectivity index (χ1) is 23.2. The summed E-state index contributed by atoms with van der Waals surface area (Å²) in [5, 5.41) is 19.4. The molecule has 11 nitrogen and oxygen atoms in total. The van der Waals surface area contributed by atoms with Gasteiger partial charge < -0.3 is 24.5 Å². The lowest BCUT2D eigenvalue weighted by Gasteiger charge is -2.41. The second kappa shape index (κ2) is 13.3. The number of aromatic nitrogens is 3. The van der Waals surface area contributed by atoms with E-state index in [1.54, 1.807) is 31.5 Å². The zero-order valence-corrected chi connectivity index (χ0v) is 28.1.